The quantitative estimate of drug-likeness (QED) is 0.633. The summed E-state index contributed by atoms with van der Waals surface area (Å²) < 4.78 is 0. The molecule has 3 heteroatoms. The predicted molar refractivity (Wildman–Crippen MR) is 44.3 cm³/mol. The Kier molecular flexibility index (Phi) is 2.49. The molecule has 1 aliphatic carbocycles. The second-order valence-electron chi connectivity index (χ2n) is 3.40. The average molecular weight is 156 g/mol. The highest BCUT2D eigenvalue weighted by Gasteiger charge is 2.25. The van der Waals surface area contributed by atoms with Crippen molar-refractivity contribution in [2.45, 2.75) is 31.8 Å². The molecule has 1 aliphatic rings. The minimum Gasteiger partial charge on any atom is -0.347 e. The van der Waals surface area contributed by atoms with Crippen LogP contribution in [0.25, 0.3) is 0 Å². The van der Waals surface area contributed by atoms with Gasteiger partial charge < -0.3 is 10.2 Å². The van der Waals surface area contributed by atoms with Gasteiger partial charge >= 0.3 is 0 Å². The van der Waals surface area contributed by atoms with E-state index in [1.807, 2.05) is 6.92 Å². The van der Waals surface area contributed by atoms with E-state index in [2.05, 4.69) is 5.32 Å². The van der Waals surface area contributed by atoms with Crippen molar-refractivity contribution in [3.05, 3.63) is 0 Å². The number of rotatable bonds is 3. The van der Waals surface area contributed by atoms with Crippen molar-refractivity contribution in [1.29, 1.82) is 0 Å². The molecule has 11 heavy (non-hydrogen) atoms. The van der Waals surface area contributed by atoms with Crippen LogP contribution in [-0.4, -0.2) is 37.0 Å². The van der Waals surface area contributed by atoms with E-state index >= 15 is 0 Å². The first kappa shape index (κ1) is 8.53. The average Bonchev–Trinajstić information content (AvgIpc) is 2.69. The normalized spacial score (nSPS) is 19.5. The minimum atomic E-state index is -0.0162. The summed E-state index contributed by atoms with van der Waals surface area (Å²) in [6.45, 7) is 1.92. The fourth-order valence-electron chi connectivity index (χ4n) is 1.06. The Labute approximate surface area is 67.8 Å². The zero-order chi connectivity index (χ0) is 8.43. The summed E-state index contributed by atoms with van der Waals surface area (Å²) in [5.74, 6) is 0.164. The topological polar surface area (TPSA) is 32.3 Å². The van der Waals surface area contributed by atoms with E-state index in [0.717, 1.165) is 0 Å². The molecule has 0 aliphatic heterocycles. The second kappa shape index (κ2) is 3.22. The van der Waals surface area contributed by atoms with E-state index in [-0.39, 0.29) is 11.9 Å². The third-order valence-electron chi connectivity index (χ3n) is 1.87. The molecule has 64 valence electrons. The van der Waals surface area contributed by atoms with Crippen molar-refractivity contribution in [3.8, 4) is 0 Å². The van der Waals surface area contributed by atoms with Gasteiger partial charge in [-0.3, -0.25) is 4.79 Å². The summed E-state index contributed by atoms with van der Waals surface area (Å²) in [5.41, 5.74) is 0. The first-order valence-corrected chi connectivity index (χ1v) is 4.08. The standard InChI is InChI=1S/C8H16N2O/c1-6(8(11)10(2)3)9-7-4-5-7/h6-7,9H,4-5H2,1-3H3. The lowest BCUT2D eigenvalue weighted by molar-refractivity contribution is -0.130. The van der Waals surface area contributed by atoms with Gasteiger partial charge in [0.2, 0.25) is 5.91 Å². The van der Waals surface area contributed by atoms with Crippen LogP contribution in [0, 0.1) is 0 Å². The van der Waals surface area contributed by atoms with Crippen LogP contribution in [0.5, 0.6) is 0 Å². The molecule has 0 aromatic rings. The van der Waals surface area contributed by atoms with E-state index in [1.54, 1.807) is 19.0 Å². The van der Waals surface area contributed by atoms with Crippen molar-refractivity contribution in [2.75, 3.05) is 14.1 Å². The number of hydrogen-bond donors (Lipinski definition) is 1. The van der Waals surface area contributed by atoms with Crippen LogP contribution in [-0.2, 0) is 4.79 Å². The molecule has 0 aromatic carbocycles. The Morgan fingerprint density at radius 2 is 2.09 bits per heavy atom. The van der Waals surface area contributed by atoms with Crippen LogP contribution in [0.15, 0.2) is 0 Å². The molecule has 0 saturated heterocycles. The molecule has 1 rings (SSSR count). The van der Waals surface area contributed by atoms with Crippen molar-refractivity contribution in [3.63, 3.8) is 0 Å². The van der Waals surface area contributed by atoms with Gasteiger partial charge in [-0.15, -0.1) is 0 Å². The van der Waals surface area contributed by atoms with E-state index in [9.17, 15) is 4.79 Å². The molecule has 3 nitrogen and oxygen atoms in total. The Bertz CT molecular complexity index is 152. The lowest BCUT2D eigenvalue weighted by Crippen LogP contribution is -2.42. The van der Waals surface area contributed by atoms with E-state index in [4.69, 9.17) is 0 Å². The van der Waals surface area contributed by atoms with Crippen LogP contribution >= 0.6 is 0 Å². The van der Waals surface area contributed by atoms with Crippen molar-refractivity contribution < 1.29 is 4.79 Å². The lowest BCUT2D eigenvalue weighted by atomic mass is 10.3. The molecule has 1 amide bonds. The largest absolute Gasteiger partial charge is 0.347 e. The molecule has 1 unspecified atom stereocenters. The van der Waals surface area contributed by atoms with Gasteiger partial charge in [0.15, 0.2) is 0 Å². The van der Waals surface area contributed by atoms with Gasteiger partial charge in [-0.1, -0.05) is 0 Å². The summed E-state index contributed by atoms with van der Waals surface area (Å²) in [4.78, 5) is 12.9. The fraction of sp³-hybridized carbons (Fsp3) is 0.875. The maximum Gasteiger partial charge on any atom is 0.238 e. The zero-order valence-corrected chi connectivity index (χ0v) is 7.42. The summed E-state index contributed by atoms with van der Waals surface area (Å²) in [7, 11) is 3.57. The number of amides is 1. The maximum atomic E-state index is 11.3. The summed E-state index contributed by atoms with van der Waals surface area (Å²) in [6, 6.07) is 0.589. The zero-order valence-electron chi connectivity index (χ0n) is 7.42. The Morgan fingerprint density at radius 3 is 2.45 bits per heavy atom. The van der Waals surface area contributed by atoms with Crippen LogP contribution in [0.4, 0.5) is 0 Å². The molecular formula is C8H16N2O. The van der Waals surface area contributed by atoms with Gasteiger partial charge in [0, 0.05) is 20.1 Å². The van der Waals surface area contributed by atoms with Gasteiger partial charge in [0.25, 0.3) is 0 Å². The first-order chi connectivity index (χ1) is 5.11. The van der Waals surface area contributed by atoms with Crippen LogP contribution in [0.1, 0.15) is 19.8 Å². The number of nitrogens with one attached hydrogen (secondary N) is 1. The fourth-order valence-corrected chi connectivity index (χ4v) is 1.06. The summed E-state index contributed by atoms with van der Waals surface area (Å²) >= 11 is 0. The molecule has 1 N–H and O–H groups in total. The molecule has 1 atom stereocenters. The van der Waals surface area contributed by atoms with Crippen LogP contribution in [0.3, 0.4) is 0 Å². The van der Waals surface area contributed by atoms with Crippen LogP contribution < -0.4 is 5.32 Å². The lowest BCUT2D eigenvalue weighted by Gasteiger charge is -2.17. The molecule has 0 heterocycles. The smallest absolute Gasteiger partial charge is 0.238 e. The highest BCUT2D eigenvalue weighted by Crippen LogP contribution is 2.19. The number of nitrogens with zero attached hydrogens (tertiary/aromatic N) is 1. The molecule has 1 saturated carbocycles. The molecule has 0 radical (unpaired) electrons. The number of carbonyl (C=O) groups is 1. The first-order valence-electron chi connectivity index (χ1n) is 4.08. The van der Waals surface area contributed by atoms with Gasteiger partial charge in [-0.05, 0) is 19.8 Å². The predicted octanol–water partition coefficient (Wildman–Crippen LogP) is 0.215. The molecule has 0 aromatic heterocycles. The number of likely N-dealkylation sites (N-methyl/N-ethyl adjacent to an activating group) is 1. The summed E-state index contributed by atoms with van der Waals surface area (Å²) in [6.07, 6.45) is 2.45. The molecule has 0 bridgehead atoms. The van der Waals surface area contributed by atoms with Gasteiger partial charge in [-0.25, -0.2) is 0 Å². The molecule has 0 spiro atoms. The maximum absolute atomic E-state index is 11.3. The van der Waals surface area contributed by atoms with Gasteiger partial charge in [-0.2, -0.15) is 0 Å². The van der Waals surface area contributed by atoms with Crippen LogP contribution in [0.2, 0.25) is 0 Å². The van der Waals surface area contributed by atoms with Gasteiger partial charge in [0.05, 0.1) is 6.04 Å². The number of carbonyl (C=O) groups excluding carboxylic acids is 1. The van der Waals surface area contributed by atoms with Crippen molar-refractivity contribution in [1.82, 2.24) is 10.2 Å². The van der Waals surface area contributed by atoms with E-state index < -0.39 is 0 Å². The monoisotopic (exact) mass is 156 g/mol. The Hall–Kier alpha value is -0.570. The Morgan fingerprint density at radius 1 is 1.55 bits per heavy atom. The Balaban J connectivity index is 2.26. The molecule has 1 fully saturated rings. The third kappa shape index (κ3) is 2.50. The second-order valence-corrected chi connectivity index (χ2v) is 3.40. The van der Waals surface area contributed by atoms with E-state index in [0.29, 0.717) is 6.04 Å². The summed E-state index contributed by atoms with van der Waals surface area (Å²) in [5, 5.41) is 3.24. The number of hydrogen-bond acceptors (Lipinski definition) is 2. The van der Waals surface area contributed by atoms with Crippen molar-refractivity contribution >= 4 is 5.91 Å². The SMILES string of the molecule is CC(NC1CC1)C(=O)N(C)C. The van der Waals surface area contributed by atoms with Crippen molar-refractivity contribution in [2.24, 2.45) is 0 Å². The highest BCUT2D eigenvalue weighted by molar-refractivity contribution is 5.80. The highest BCUT2D eigenvalue weighted by atomic mass is 16.2. The van der Waals surface area contributed by atoms with E-state index in [1.165, 1.54) is 12.8 Å². The third-order valence-corrected chi connectivity index (χ3v) is 1.87. The minimum absolute atomic E-state index is 0.0162. The molecular weight excluding hydrogens is 140 g/mol. The van der Waals surface area contributed by atoms with Gasteiger partial charge in [0.1, 0.15) is 0 Å².